The number of ether oxygens (including phenoxy) is 1. The fourth-order valence-electron chi connectivity index (χ4n) is 5.06. The van der Waals surface area contributed by atoms with Crippen LogP contribution in [0.1, 0.15) is 41.0 Å². The number of nitrogens with zero attached hydrogens (tertiary/aromatic N) is 4. The number of carbonyl (C=O) groups excluding carboxylic acids is 1. The summed E-state index contributed by atoms with van der Waals surface area (Å²) in [4.78, 5) is 21.8. The Bertz CT molecular complexity index is 1440. The third-order valence-electron chi connectivity index (χ3n) is 7.20. The van der Waals surface area contributed by atoms with Crippen LogP contribution >= 0.6 is 11.3 Å². The first kappa shape index (κ1) is 27.9. The van der Waals surface area contributed by atoms with Gasteiger partial charge in [-0.2, -0.15) is 13.8 Å². The van der Waals surface area contributed by atoms with Crippen molar-refractivity contribution in [2.24, 2.45) is 28.9 Å². The van der Waals surface area contributed by atoms with E-state index in [4.69, 9.17) is 0 Å². The molecular weight excluding hydrogens is 567 g/mol. The zero-order chi connectivity index (χ0) is 28.1. The summed E-state index contributed by atoms with van der Waals surface area (Å²) in [5, 5.41) is 3.75. The SMILES string of the molecule is Cn1nc(OC(F)F)cc1N=C=N[C@H]1CCc2sc(CC(=O)C3CC3(F)F)c(S(=O)(=O)CC3CC(F)C3)c2C1. The molecule has 0 aliphatic heterocycles. The van der Waals surface area contributed by atoms with Crippen LogP contribution in [0.3, 0.4) is 0 Å². The van der Waals surface area contributed by atoms with Crippen LogP contribution in [0, 0.1) is 11.8 Å². The molecule has 3 aliphatic carbocycles. The number of halogens is 5. The van der Waals surface area contributed by atoms with Crippen molar-refractivity contribution in [1.29, 1.82) is 0 Å². The number of ketones is 1. The Labute approximate surface area is 224 Å². The maximum Gasteiger partial charge on any atom is 0.388 e. The Balaban J connectivity index is 1.39. The van der Waals surface area contributed by atoms with Crippen LogP contribution in [-0.4, -0.2) is 60.5 Å². The second-order valence-electron chi connectivity index (χ2n) is 10.2. The number of aryl methyl sites for hydroxylation is 2. The van der Waals surface area contributed by atoms with Gasteiger partial charge in [-0.25, -0.2) is 31.3 Å². The first-order valence-electron chi connectivity index (χ1n) is 12.4. The molecule has 212 valence electrons. The molecule has 39 heavy (non-hydrogen) atoms. The van der Waals surface area contributed by atoms with E-state index >= 15 is 0 Å². The highest BCUT2D eigenvalue weighted by Crippen LogP contribution is 2.50. The van der Waals surface area contributed by atoms with E-state index < -0.39 is 52.7 Å². The lowest BCUT2D eigenvalue weighted by Crippen LogP contribution is -2.31. The van der Waals surface area contributed by atoms with Crippen LogP contribution in [-0.2, 0) is 40.9 Å². The Hall–Kier alpha value is -2.64. The zero-order valence-corrected chi connectivity index (χ0v) is 22.4. The second-order valence-corrected chi connectivity index (χ2v) is 13.4. The third-order valence-corrected chi connectivity index (χ3v) is 10.6. The van der Waals surface area contributed by atoms with E-state index in [1.807, 2.05) is 0 Å². The average molecular weight is 593 g/mol. The molecule has 0 N–H and O–H groups in total. The maximum absolute atomic E-state index is 13.5. The molecule has 2 aromatic heterocycles. The Morgan fingerprint density at radius 2 is 2.08 bits per heavy atom. The van der Waals surface area contributed by atoms with Crippen LogP contribution in [0.2, 0.25) is 0 Å². The van der Waals surface area contributed by atoms with Gasteiger partial charge in [-0.15, -0.1) is 16.4 Å². The molecule has 2 atom stereocenters. The fraction of sp³-hybridized carbons (Fsp3) is 0.625. The van der Waals surface area contributed by atoms with Crippen molar-refractivity contribution in [1.82, 2.24) is 9.78 Å². The van der Waals surface area contributed by atoms with Gasteiger partial charge in [0, 0.05) is 35.7 Å². The van der Waals surface area contributed by atoms with Crippen molar-refractivity contribution in [3.63, 3.8) is 0 Å². The number of sulfone groups is 1. The van der Waals surface area contributed by atoms with Gasteiger partial charge in [0.15, 0.2) is 15.7 Å². The molecule has 15 heteroatoms. The number of fused-ring (bicyclic) bond motifs is 1. The molecule has 0 bridgehead atoms. The maximum atomic E-state index is 13.5. The monoisotopic (exact) mass is 592 g/mol. The van der Waals surface area contributed by atoms with Gasteiger partial charge in [-0.1, -0.05) is 0 Å². The van der Waals surface area contributed by atoms with Crippen LogP contribution in [0.25, 0.3) is 0 Å². The third kappa shape index (κ3) is 6.09. The summed E-state index contributed by atoms with van der Waals surface area (Å²) in [6, 6.07) is 3.29. The number of hydrogen-bond acceptors (Lipinski definition) is 8. The van der Waals surface area contributed by atoms with Crippen LogP contribution < -0.4 is 4.74 Å². The van der Waals surface area contributed by atoms with E-state index in [1.165, 1.54) is 17.8 Å². The molecule has 5 rings (SSSR count). The Kier molecular flexibility index (Phi) is 7.44. The van der Waals surface area contributed by atoms with Crippen LogP contribution in [0.4, 0.5) is 27.8 Å². The van der Waals surface area contributed by atoms with Gasteiger partial charge in [0.25, 0.3) is 5.92 Å². The summed E-state index contributed by atoms with van der Waals surface area (Å²) in [5.41, 5.74) is 0.511. The van der Waals surface area contributed by atoms with Crippen LogP contribution in [0.5, 0.6) is 5.88 Å². The number of Topliss-reactive ketones (excluding diaryl/α,β-unsaturated/α-hetero) is 1. The van der Waals surface area contributed by atoms with E-state index in [-0.39, 0.29) is 58.8 Å². The molecule has 2 aromatic rings. The quantitative estimate of drug-likeness (QED) is 0.293. The molecule has 2 heterocycles. The number of aliphatic imine (C=N–C) groups is 2. The van der Waals surface area contributed by atoms with Crippen molar-refractivity contribution in [2.75, 3.05) is 5.75 Å². The van der Waals surface area contributed by atoms with Crippen molar-refractivity contribution in [3.8, 4) is 5.88 Å². The summed E-state index contributed by atoms with van der Waals surface area (Å²) < 4.78 is 97.6. The minimum absolute atomic E-state index is 0.000567. The standard InChI is InChI=1S/C24H25F5N4O4S2/c1-33-20(8-21(32-33)37-23(26)27)31-11-30-14-2-3-18-15(6-14)22(39(35,36)10-12-4-13(25)5-12)19(38-18)7-17(34)16-9-24(16,28)29/h8,12-14,16,23H,2-7,9-10H2,1H3/t12?,13?,14-,16?/m0/s1. The first-order valence-corrected chi connectivity index (χ1v) is 14.8. The van der Waals surface area contributed by atoms with Gasteiger partial charge >= 0.3 is 6.61 Å². The number of hydrogen-bond donors (Lipinski definition) is 0. The minimum Gasteiger partial charge on any atom is -0.415 e. The lowest BCUT2D eigenvalue weighted by Gasteiger charge is -2.29. The smallest absolute Gasteiger partial charge is 0.388 e. The Morgan fingerprint density at radius 3 is 2.72 bits per heavy atom. The van der Waals surface area contributed by atoms with Crippen molar-refractivity contribution < 1.29 is 39.9 Å². The summed E-state index contributed by atoms with van der Waals surface area (Å²) in [7, 11) is -2.45. The molecule has 1 unspecified atom stereocenters. The lowest BCUT2D eigenvalue weighted by molar-refractivity contribution is -0.121. The second kappa shape index (κ2) is 10.4. The highest BCUT2D eigenvalue weighted by atomic mass is 32.2. The summed E-state index contributed by atoms with van der Waals surface area (Å²) in [5.74, 6) is -5.88. The Morgan fingerprint density at radius 1 is 1.36 bits per heavy atom. The summed E-state index contributed by atoms with van der Waals surface area (Å²) in [6.07, 6.45) is -0.455. The zero-order valence-electron chi connectivity index (χ0n) is 20.7. The molecule has 0 saturated heterocycles. The number of aromatic nitrogens is 2. The molecule has 2 fully saturated rings. The number of rotatable bonds is 10. The topological polar surface area (TPSA) is 103 Å². The van der Waals surface area contributed by atoms with E-state index in [0.717, 1.165) is 16.2 Å². The predicted octanol–water partition coefficient (Wildman–Crippen LogP) is 4.73. The average Bonchev–Trinajstić information content (AvgIpc) is 3.12. The molecule has 0 radical (unpaired) electrons. The van der Waals surface area contributed by atoms with E-state index in [2.05, 4.69) is 25.8 Å². The summed E-state index contributed by atoms with van der Waals surface area (Å²) >= 11 is 1.16. The highest BCUT2D eigenvalue weighted by Gasteiger charge is 2.60. The molecule has 0 amide bonds. The minimum atomic E-state index is -3.92. The number of thiophene rings is 1. The lowest BCUT2D eigenvalue weighted by atomic mass is 9.85. The number of alkyl halides is 5. The van der Waals surface area contributed by atoms with Gasteiger partial charge in [-0.3, -0.25) is 4.79 Å². The van der Waals surface area contributed by atoms with Gasteiger partial charge in [-0.05, 0) is 43.6 Å². The molecule has 0 spiro atoms. The van der Waals surface area contributed by atoms with E-state index in [9.17, 15) is 35.2 Å². The molecule has 0 aromatic carbocycles. The molecular formula is C24H25F5N4O4S2. The molecule has 2 saturated carbocycles. The largest absolute Gasteiger partial charge is 0.415 e. The van der Waals surface area contributed by atoms with E-state index in [0.29, 0.717) is 18.4 Å². The van der Waals surface area contributed by atoms with Crippen LogP contribution in [0.15, 0.2) is 20.9 Å². The predicted molar refractivity (Wildman–Crippen MR) is 131 cm³/mol. The number of carbonyl (C=O) groups is 1. The van der Waals surface area contributed by atoms with Gasteiger partial charge in [0.1, 0.15) is 12.0 Å². The normalized spacial score (nSPS) is 25.4. The van der Waals surface area contributed by atoms with E-state index in [1.54, 1.807) is 0 Å². The molecule has 3 aliphatic rings. The highest BCUT2D eigenvalue weighted by molar-refractivity contribution is 7.91. The van der Waals surface area contributed by atoms with Crippen molar-refractivity contribution in [2.45, 2.75) is 74.6 Å². The van der Waals surface area contributed by atoms with Crippen molar-refractivity contribution >= 4 is 38.8 Å². The van der Waals surface area contributed by atoms with Crippen molar-refractivity contribution in [3.05, 3.63) is 21.4 Å². The summed E-state index contributed by atoms with van der Waals surface area (Å²) in [6.45, 7) is -3.04. The van der Waals surface area contributed by atoms with Gasteiger partial charge in [0.05, 0.1) is 28.6 Å². The fourth-order valence-corrected chi connectivity index (χ4v) is 8.95. The molecule has 8 nitrogen and oxygen atoms in total. The van der Waals surface area contributed by atoms with Gasteiger partial charge in [0.2, 0.25) is 5.88 Å². The van der Waals surface area contributed by atoms with Gasteiger partial charge < -0.3 is 4.74 Å². The first-order chi connectivity index (χ1) is 18.3.